The molecule has 0 saturated carbocycles. The Balaban J connectivity index is 2.30. The molecular formula is C12H12ClN3O3. The van der Waals surface area contributed by atoms with Gasteiger partial charge in [0, 0.05) is 0 Å². The molecule has 0 radical (unpaired) electrons. The van der Waals surface area contributed by atoms with E-state index in [-0.39, 0.29) is 17.4 Å². The number of hydrogen-bond donors (Lipinski definition) is 1. The third-order valence-electron chi connectivity index (χ3n) is 2.84. The SMILES string of the molecule is CCC1C(=O)NC(=O)CN1C(=O)c1cccc(Cl)n1. The van der Waals surface area contributed by atoms with E-state index < -0.39 is 23.8 Å². The Morgan fingerprint density at radius 1 is 1.53 bits per heavy atom. The first-order chi connectivity index (χ1) is 9.02. The highest BCUT2D eigenvalue weighted by atomic mass is 35.5. The summed E-state index contributed by atoms with van der Waals surface area (Å²) < 4.78 is 0. The molecule has 0 aliphatic carbocycles. The molecule has 1 aliphatic heterocycles. The maximum absolute atomic E-state index is 12.3. The Hall–Kier alpha value is -1.95. The molecule has 6 nitrogen and oxygen atoms in total. The summed E-state index contributed by atoms with van der Waals surface area (Å²) in [4.78, 5) is 40.5. The van der Waals surface area contributed by atoms with Gasteiger partial charge in [-0.15, -0.1) is 0 Å². The number of amides is 3. The molecule has 1 aliphatic rings. The van der Waals surface area contributed by atoms with E-state index in [2.05, 4.69) is 10.3 Å². The molecule has 19 heavy (non-hydrogen) atoms. The number of carbonyl (C=O) groups is 3. The Labute approximate surface area is 114 Å². The van der Waals surface area contributed by atoms with Gasteiger partial charge in [0.05, 0.1) is 0 Å². The van der Waals surface area contributed by atoms with Crippen LogP contribution in [0.3, 0.4) is 0 Å². The monoisotopic (exact) mass is 281 g/mol. The van der Waals surface area contributed by atoms with Crippen molar-refractivity contribution < 1.29 is 14.4 Å². The van der Waals surface area contributed by atoms with E-state index in [1.54, 1.807) is 19.1 Å². The fourth-order valence-electron chi connectivity index (χ4n) is 1.96. The average molecular weight is 282 g/mol. The highest BCUT2D eigenvalue weighted by molar-refractivity contribution is 6.29. The number of imide groups is 1. The van der Waals surface area contributed by atoms with Crippen LogP contribution in [0.5, 0.6) is 0 Å². The summed E-state index contributed by atoms with van der Waals surface area (Å²) in [5.74, 6) is -1.43. The molecule has 100 valence electrons. The Morgan fingerprint density at radius 2 is 2.26 bits per heavy atom. The first-order valence-corrected chi connectivity index (χ1v) is 6.18. The van der Waals surface area contributed by atoms with E-state index in [1.807, 2.05) is 0 Å². The van der Waals surface area contributed by atoms with Crippen LogP contribution in [0, 0.1) is 0 Å². The van der Waals surface area contributed by atoms with Crippen LogP contribution >= 0.6 is 11.6 Å². The molecule has 1 aromatic rings. The molecule has 0 spiro atoms. The minimum atomic E-state index is -0.661. The second kappa shape index (κ2) is 5.36. The fraction of sp³-hybridized carbons (Fsp3) is 0.333. The molecule has 0 bridgehead atoms. The van der Waals surface area contributed by atoms with Gasteiger partial charge in [-0.1, -0.05) is 24.6 Å². The van der Waals surface area contributed by atoms with Gasteiger partial charge in [-0.3, -0.25) is 19.7 Å². The first kappa shape index (κ1) is 13.5. The molecule has 1 aromatic heterocycles. The quantitative estimate of drug-likeness (QED) is 0.636. The zero-order chi connectivity index (χ0) is 14.0. The summed E-state index contributed by atoms with van der Waals surface area (Å²) in [5, 5.41) is 2.40. The number of hydrogen-bond acceptors (Lipinski definition) is 4. The van der Waals surface area contributed by atoms with Gasteiger partial charge in [0.1, 0.15) is 23.4 Å². The predicted molar refractivity (Wildman–Crippen MR) is 67.5 cm³/mol. The van der Waals surface area contributed by atoms with Crippen LogP contribution in [0.4, 0.5) is 0 Å². The number of halogens is 1. The average Bonchev–Trinajstić information content (AvgIpc) is 2.37. The largest absolute Gasteiger partial charge is 0.316 e. The number of nitrogens with zero attached hydrogens (tertiary/aromatic N) is 2. The second-order valence-electron chi connectivity index (χ2n) is 4.12. The summed E-state index contributed by atoms with van der Waals surface area (Å²) in [7, 11) is 0. The number of rotatable bonds is 2. The van der Waals surface area contributed by atoms with Crippen LogP contribution in [0.25, 0.3) is 0 Å². The van der Waals surface area contributed by atoms with Gasteiger partial charge in [-0.2, -0.15) is 0 Å². The Kier molecular flexibility index (Phi) is 3.80. The molecule has 2 rings (SSSR count). The molecule has 1 atom stereocenters. The van der Waals surface area contributed by atoms with Crippen molar-refractivity contribution in [1.29, 1.82) is 0 Å². The minimum Gasteiger partial charge on any atom is -0.316 e. The number of carbonyl (C=O) groups excluding carboxylic acids is 3. The smallest absolute Gasteiger partial charge is 0.273 e. The van der Waals surface area contributed by atoms with Gasteiger partial charge in [0.25, 0.3) is 5.91 Å². The lowest BCUT2D eigenvalue weighted by Crippen LogP contribution is -2.59. The number of aromatic nitrogens is 1. The summed E-state index contributed by atoms with van der Waals surface area (Å²) in [6, 6.07) is 3.97. The minimum absolute atomic E-state index is 0.119. The number of nitrogens with one attached hydrogen (secondary N) is 1. The topological polar surface area (TPSA) is 79.4 Å². The van der Waals surface area contributed by atoms with Crippen molar-refractivity contribution in [1.82, 2.24) is 15.2 Å². The van der Waals surface area contributed by atoms with Gasteiger partial charge in [0.2, 0.25) is 11.8 Å². The van der Waals surface area contributed by atoms with Crippen molar-refractivity contribution in [2.45, 2.75) is 19.4 Å². The maximum atomic E-state index is 12.3. The van der Waals surface area contributed by atoms with Crippen LogP contribution in [0.2, 0.25) is 5.15 Å². The molecular weight excluding hydrogens is 270 g/mol. The molecule has 1 N–H and O–H groups in total. The molecule has 1 saturated heterocycles. The van der Waals surface area contributed by atoms with Crippen LogP contribution in [-0.2, 0) is 9.59 Å². The molecule has 1 fully saturated rings. The fourth-order valence-corrected chi connectivity index (χ4v) is 2.12. The molecule has 2 heterocycles. The summed E-state index contributed by atoms with van der Waals surface area (Å²) in [6.45, 7) is 1.61. The maximum Gasteiger partial charge on any atom is 0.273 e. The lowest BCUT2D eigenvalue weighted by molar-refractivity contribution is -0.138. The van der Waals surface area contributed by atoms with E-state index in [0.29, 0.717) is 6.42 Å². The standard InChI is InChI=1S/C12H12ClN3O3/c1-2-8-11(18)15-10(17)6-16(8)12(19)7-4-3-5-9(13)14-7/h3-5,8H,2,6H2,1H3,(H,15,17,18). The summed E-state index contributed by atoms with van der Waals surface area (Å²) >= 11 is 5.73. The third-order valence-corrected chi connectivity index (χ3v) is 3.05. The van der Waals surface area contributed by atoms with E-state index in [1.165, 1.54) is 11.0 Å². The van der Waals surface area contributed by atoms with Crippen molar-refractivity contribution in [2.24, 2.45) is 0 Å². The van der Waals surface area contributed by atoms with Gasteiger partial charge in [0.15, 0.2) is 0 Å². The van der Waals surface area contributed by atoms with E-state index in [4.69, 9.17) is 11.6 Å². The van der Waals surface area contributed by atoms with Crippen LogP contribution in [0.15, 0.2) is 18.2 Å². The van der Waals surface area contributed by atoms with Crippen molar-refractivity contribution >= 4 is 29.3 Å². The lowest BCUT2D eigenvalue weighted by Gasteiger charge is -2.33. The number of pyridine rings is 1. The van der Waals surface area contributed by atoms with Gasteiger partial charge in [-0.25, -0.2) is 4.98 Å². The lowest BCUT2D eigenvalue weighted by atomic mass is 10.1. The highest BCUT2D eigenvalue weighted by Gasteiger charge is 2.36. The third kappa shape index (κ3) is 2.73. The summed E-state index contributed by atoms with van der Waals surface area (Å²) in [5.41, 5.74) is 0.119. The van der Waals surface area contributed by atoms with Gasteiger partial charge in [-0.05, 0) is 18.6 Å². The number of piperazine rings is 1. The van der Waals surface area contributed by atoms with Crippen molar-refractivity contribution in [3.63, 3.8) is 0 Å². The van der Waals surface area contributed by atoms with Crippen LogP contribution in [-0.4, -0.2) is 40.2 Å². The zero-order valence-electron chi connectivity index (χ0n) is 10.2. The van der Waals surface area contributed by atoms with Gasteiger partial charge >= 0.3 is 0 Å². The second-order valence-corrected chi connectivity index (χ2v) is 4.50. The van der Waals surface area contributed by atoms with E-state index in [0.717, 1.165) is 0 Å². The summed E-state index contributed by atoms with van der Waals surface area (Å²) in [6.07, 6.45) is 0.422. The molecule has 7 heteroatoms. The normalized spacial score (nSPS) is 19.3. The molecule has 1 unspecified atom stereocenters. The first-order valence-electron chi connectivity index (χ1n) is 5.80. The van der Waals surface area contributed by atoms with Gasteiger partial charge < -0.3 is 4.90 Å². The Bertz CT molecular complexity index is 547. The van der Waals surface area contributed by atoms with Crippen molar-refractivity contribution in [3.05, 3.63) is 29.0 Å². The molecule has 3 amide bonds. The highest BCUT2D eigenvalue weighted by Crippen LogP contribution is 2.14. The van der Waals surface area contributed by atoms with Crippen molar-refractivity contribution in [3.8, 4) is 0 Å². The zero-order valence-corrected chi connectivity index (χ0v) is 11.0. The predicted octanol–water partition coefficient (Wildman–Crippen LogP) is 0.612. The Morgan fingerprint density at radius 3 is 2.89 bits per heavy atom. The van der Waals surface area contributed by atoms with E-state index >= 15 is 0 Å². The van der Waals surface area contributed by atoms with Crippen molar-refractivity contribution in [2.75, 3.05) is 6.54 Å². The van der Waals surface area contributed by atoms with Crippen LogP contribution in [0.1, 0.15) is 23.8 Å². The van der Waals surface area contributed by atoms with E-state index in [9.17, 15) is 14.4 Å². The molecule has 0 aromatic carbocycles. The van der Waals surface area contributed by atoms with Crippen LogP contribution < -0.4 is 5.32 Å².